The van der Waals surface area contributed by atoms with Crippen molar-refractivity contribution in [3.05, 3.63) is 83.1 Å². The van der Waals surface area contributed by atoms with Crippen molar-refractivity contribution in [1.29, 1.82) is 0 Å². The first-order chi connectivity index (χ1) is 18.1. The number of methoxy groups -OCH3 is 2. The van der Waals surface area contributed by atoms with E-state index in [1.165, 1.54) is 14.2 Å². The lowest BCUT2D eigenvalue weighted by Crippen LogP contribution is -2.34. The number of carbonyl (C=O) groups excluding carboxylic acids is 2. The molecular formula is C30H30ClN3O4. The van der Waals surface area contributed by atoms with Gasteiger partial charge in [-0.2, -0.15) is 0 Å². The van der Waals surface area contributed by atoms with E-state index in [0.717, 1.165) is 27.5 Å². The van der Waals surface area contributed by atoms with E-state index >= 15 is 0 Å². The molecule has 2 heterocycles. The molecule has 0 aliphatic heterocycles. The second-order valence-electron chi connectivity index (χ2n) is 10.2. The Morgan fingerprint density at radius 2 is 1.68 bits per heavy atom. The Morgan fingerprint density at radius 1 is 0.947 bits per heavy atom. The number of hydrogen-bond acceptors (Lipinski definition) is 6. The summed E-state index contributed by atoms with van der Waals surface area (Å²) in [5, 5.41) is 2.01. The number of ether oxygens (including phenoxy) is 2. The number of nitrogens with zero attached hydrogens (tertiary/aromatic N) is 3. The molecule has 0 aliphatic rings. The molecule has 2 aromatic carbocycles. The van der Waals surface area contributed by atoms with Crippen LogP contribution in [0.15, 0.2) is 67.0 Å². The molecule has 0 saturated heterocycles. The van der Waals surface area contributed by atoms with E-state index in [-0.39, 0.29) is 11.3 Å². The number of halogens is 1. The monoisotopic (exact) mass is 531 g/mol. The molecule has 0 N–H and O–H groups in total. The van der Waals surface area contributed by atoms with Crippen molar-refractivity contribution in [3.8, 4) is 17.0 Å². The predicted molar refractivity (Wildman–Crippen MR) is 150 cm³/mol. The van der Waals surface area contributed by atoms with Crippen molar-refractivity contribution in [1.82, 2.24) is 9.97 Å². The predicted octanol–water partition coefficient (Wildman–Crippen LogP) is 6.71. The minimum atomic E-state index is -0.417. The molecule has 196 valence electrons. The zero-order valence-electron chi connectivity index (χ0n) is 22.1. The Labute approximate surface area is 227 Å². The van der Waals surface area contributed by atoms with Crippen LogP contribution >= 0.6 is 11.6 Å². The molecule has 4 rings (SSSR count). The van der Waals surface area contributed by atoms with Gasteiger partial charge in [-0.05, 0) is 52.3 Å². The number of hydrogen-bond donors (Lipinski definition) is 0. The van der Waals surface area contributed by atoms with Gasteiger partial charge in [0, 0.05) is 29.8 Å². The lowest BCUT2D eigenvalue weighted by molar-refractivity contribution is -0.120. The van der Waals surface area contributed by atoms with E-state index in [0.29, 0.717) is 35.2 Å². The smallest absolute Gasteiger partial charge is 0.337 e. The standard InChI is InChI=1S/C30H30ClN3O4/c1-30(2,3)16-26(35)34(27-24-11-10-22(29(36)38-5)14-21(24)12-13-32-27)18-19-6-8-20(9-7-19)23-15-25(31)28(37-4)33-17-23/h6-15,17H,16,18H2,1-5H3. The molecule has 0 radical (unpaired) electrons. The maximum Gasteiger partial charge on any atom is 0.337 e. The van der Waals surface area contributed by atoms with Gasteiger partial charge in [-0.15, -0.1) is 0 Å². The topological polar surface area (TPSA) is 81.6 Å². The van der Waals surface area contributed by atoms with Crippen molar-refractivity contribution in [2.45, 2.75) is 33.7 Å². The highest BCUT2D eigenvalue weighted by atomic mass is 35.5. The van der Waals surface area contributed by atoms with Crippen LogP contribution in [0.25, 0.3) is 21.9 Å². The van der Waals surface area contributed by atoms with E-state index in [2.05, 4.69) is 9.97 Å². The Balaban J connectivity index is 1.69. The minimum absolute atomic E-state index is 0.0373. The Hall–Kier alpha value is -3.97. The van der Waals surface area contributed by atoms with Crippen LogP contribution in [-0.4, -0.2) is 36.1 Å². The molecule has 8 heteroatoms. The molecule has 0 aliphatic carbocycles. The molecule has 0 unspecified atom stereocenters. The maximum atomic E-state index is 13.6. The van der Waals surface area contributed by atoms with Gasteiger partial charge in [-0.3, -0.25) is 9.69 Å². The number of aromatic nitrogens is 2. The first-order valence-corrected chi connectivity index (χ1v) is 12.5. The first-order valence-electron chi connectivity index (χ1n) is 12.2. The van der Waals surface area contributed by atoms with Crippen LogP contribution in [0.1, 0.15) is 43.1 Å². The molecule has 0 bridgehead atoms. The van der Waals surface area contributed by atoms with Crippen LogP contribution in [0.5, 0.6) is 5.88 Å². The third kappa shape index (κ3) is 6.11. The highest BCUT2D eigenvalue weighted by Gasteiger charge is 2.25. The number of pyridine rings is 2. The Morgan fingerprint density at radius 3 is 2.32 bits per heavy atom. The van der Waals surface area contributed by atoms with Gasteiger partial charge in [0.2, 0.25) is 11.8 Å². The molecule has 38 heavy (non-hydrogen) atoms. The highest BCUT2D eigenvalue weighted by Crippen LogP contribution is 2.31. The molecule has 2 aromatic heterocycles. The number of carbonyl (C=O) groups is 2. The van der Waals surface area contributed by atoms with Gasteiger partial charge in [0.05, 0.1) is 26.3 Å². The molecule has 0 spiro atoms. The molecule has 0 fully saturated rings. The average molecular weight is 532 g/mol. The number of amides is 1. The number of benzene rings is 2. The summed E-state index contributed by atoms with van der Waals surface area (Å²) < 4.78 is 10.0. The van der Waals surface area contributed by atoms with Gasteiger partial charge in [-0.1, -0.05) is 56.6 Å². The summed E-state index contributed by atoms with van der Waals surface area (Å²) in [6.07, 6.45) is 3.71. The molecule has 4 aromatic rings. The first kappa shape index (κ1) is 27.1. The third-order valence-corrected chi connectivity index (χ3v) is 6.30. The van der Waals surface area contributed by atoms with E-state index in [9.17, 15) is 9.59 Å². The van der Waals surface area contributed by atoms with Crippen molar-refractivity contribution in [2.75, 3.05) is 19.1 Å². The van der Waals surface area contributed by atoms with E-state index < -0.39 is 5.97 Å². The van der Waals surface area contributed by atoms with Crippen LogP contribution < -0.4 is 9.64 Å². The number of anilines is 1. The van der Waals surface area contributed by atoms with E-state index in [4.69, 9.17) is 21.1 Å². The summed E-state index contributed by atoms with van der Waals surface area (Å²) in [6, 6.07) is 16.8. The van der Waals surface area contributed by atoms with Gasteiger partial charge in [0.25, 0.3) is 0 Å². The zero-order chi connectivity index (χ0) is 27.4. The SMILES string of the molecule is COC(=O)c1ccc2c(N(Cc3ccc(-c4cnc(OC)c(Cl)c4)cc3)C(=O)CC(C)(C)C)nccc2c1. The number of fused-ring (bicyclic) bond motifs is 1. The van der Waals surface area contributed by atoms with Crippen molar-refractivity contribution in [3.63, 3.8) is 0 Å². The summed E-state index contributed by atoms with van der Waals surface area (Å²) in [4.78, 5) is 36.2. The summed E-state index contributed by atoms with van der Waals surface area (Å²) in [5.74, 6) is 0.467. The normalized spacial score (nSPS) is 11.3. The number of esters is 1. The molecule has 0 saturated carbocycles. The molecule has 0 atom stereocenters. The lowest BCUT2D eigenvalue weighted by atomic mass is 9.91. The van der Waals surface area contributed by atoms with Gasteiger partial charge in [0.1, 0.15) is 10.8 Å². The van der Waals surface area contributed by atoms with Crippen LogP contribution in [-0.2, 0) is 16.1 Å². The Bertz CT molecular complexity index is 1480. The minimum Gasteiger partial charge on any atom is -0.480 e. The largest absolute Gasteiger partial charge is 0.480 e. The lowest BCUT2D eigenvalue weighted by Gasteiger charge is -2.27. The van der Waals surface area contributed by atoms with Crippen molar-refractivity contribution < 1.29 is 19.1 Å². The van der Waals surface area contributed by atoms with Gasteiger partial charge in [-0.25, -0.2) is 14.8 Å². The Kier molecular flexibility index (Phi) is 7.97. The summed E-state index contributed by atoms with van der Waals surface area (Å²) in [5.41, 5.74) is 2.97. The fourth-order valence-electron chi connectivity index (χ4n) is 4.17. The molecule has 7 nitrogen and oxygen atoms in total. The summed E-state index contributed by atoms with van der Waals surface area (Å²) in [7, 11) is 2.88. The summed E-state index contributed by atoms with van der Waals surface area (Å²) >= 11 is 6.25. The van der Waals surface area contributed by atoms with Gasteiger partial charge < -0.3 is 9.47 Å². The average Bonchev–Trinajstić information content (AvgIpc) is 2.90. The van der Waals surface area contributed by atoms with E-state index in [1.54, 1.807) is 29.4 Å². The maximum absolute atomic E-state index is 13.6. The molecule has 1 amide bonds. The second-order valence-corrected chi connectivity index (χ2v) is 10.6. The van der Waals surface area contributed by atoms with Crippen LogP contribution in [0.4, 0.5) is 5.82 Å². The van der Waals surface area contributed by atoms with E-state index in [1.807, 2.05) is 63.2 Å². The van der Waals surface area contributed by atoms with Crippen molar-refractivity contribution >= 4 is 40.1 Å². The van der Waals surface area contributed by atoms with Gasteiger partial charge >= 0.3 is 5.97 Å². The summed E-state index contributed by atoms with van der Waals surface area (Å²) in [6.45, 7) is 6.43. The van der Waals surface area contributed by atoms with Crippen LogP contribution in [0.3, 0.4) is 0 Å². The zero-order valence-corrected chi connectivity index (χ0v) is 22.9. The highest BCUT2D eigenvalue weighted by molar-refractivity contribution is 6.32. The fraction of sp³-hybridized carbons (Fsp3) is 0.267. The number of rotatable bonds is 7. The fourth-order valence-corrected chi connectivity index (χ4v) is 4.41. The van der Waals surface area contributed by atoms with Crippen LogP contribution in [0.2, 0.25) is 5.02 Å². The second kappa shape index (κ2) is 11.2. The van der Waals surface area contributed by atoms with Gasteiger partial charge in [0.15, 0.2) is 0 Å². The van der Waals surface area contributed by atoms with Crippen molar-refractivity contribution in [2.24, 2.45) is 5.41 Å². The van der Waals surface area contributed by atoms with Crippen LogP contribution in [0, 0.1) is 5.41 Å². The molecular weight excluding hydrogens is 502 g/mol. The quantitative estimate of drug-likeness (QED) is 0.246. The third-order valence-electron chi connectivity index (χ3n) is 6.03.